The van der Waals surface area contributed by atoms with E-state index in [2.05, 4.69) is 15.7 Å². The first-order valence-electron chi connectivity index (χ1n) is 10.6. The summed E-state index contributed by atoms with van der Waals surface area (Å²) in [6.07, 6.45) is 1.02. The minimum atomic E-state index is -0.448. The molecule has 0 aliphatic carbocycles. The van der Waals surface area contributed by atoms with Crippen molar-refractivity contribution in [1.29, 1.82) is 0 Å². The maximum absolute atomic E-state index is 13.1. The second-order valence-electron chi connectivity index (χ2n) is 8.00. The molecule has 2 N–H and O–H groups in total. The van der Waals surface area contributed by atoms with E-state index in [9.17, 15) is 14.4 Å². The topological polar surface area (TPSA) is 96.3 Å². The molecule has 3 amide bonds. The van der Waals surface area contributed by atoms with Crippen molar-refractivity contribution in [3.63, 3.8) is 0 Å². The zero-order valence-electron chi connectivity index (χ0n) is 17.8. The van der Waals surface area contributed by atoms with E-state index in [-0.39, 0.29) is 30.7 Å². The van der Waals surface area contributed by atoms with E-state index in [0.29, 0.717) is 18.9 Å². The fourth-order valence-electron chi connectivity index (χ4n) is 3.85. The third-order valence-corrected chi connectivity index (χ3v) is 6.54. The van der Waals surface area contributed by atoms with Gasteiger partial charge in [0.1, 0.15) is 12.4 Å². The molecule has 164 valence electrons. The third kappa shape index (κ3) is 4.61. The molecule has 8 nitrogen and oxygen atoms in total. The summed E-state index contributed by atoms with van der Waals surface area (Å²) in [6.45, 7) is 5.00. The Balaban J connectivity index is 1.47. The van der Waals surface area contributed by atoms with Crippen molar-refractivity contribution < 1.29 is 14.4 Å². The molecule has 1 fully saturated rings. The number of nitrogens with one attached hydrogen (secondary N) is 2. The SMILES string of the molecule is CCCNC(=O)Cn1nc2c(c1NC(=O)C1CC(=O)N(c3ccc(C)cc3)C1)CSC2. The number of aryl methyl sites for hydroxylation is 1. The molecule has 4 rings (SSSR count). The largest absolute Gasteiger partial charge is 0.355 e. The number of nitrogens with zero attached hydrogens (tertiary/aromatic N) is 3. The predicted octanol–water partition coefficient (Wildman–Crippen LogP) is 2.46. The Labute approximate surface area is 185 Å². The molecular weight excluding hydrogens is 414 g/mol. The standard InChI is InChI=1S/C22H27N5O3S/c1-3-8-23-19(28)11-27-21(17-12-31-13-18(17)25-27)24-22(30)15-9-20(29)26(10-15)16-6-4-14(2)5-7-16/h4-7,15H,3,8-13H2,1-2H3,(H,23,28)(H,24,30). The molecule has 0 spiro atoms. The zero-order valence-corrected chi connectivity index (χ0v) is 18.6. The molecule has 0 radical (unpaired) electrons. The van der Waals surface area contributed by atoms with E-state index in [1.54, 1.807) is 21.3 Å². The number of thioether (sulfide) groups is 1. The van der Waals surface area contributed by atoms with E-state index in [1.165, 1.54) is 0 Å². The highest BCUT2D eigenvalue weighted by Crippen LogP contribution is 2.35. The van der Waals surface area contributed by atoms with Crippen molar-refractivity contribution >= 4 is 41.0 Å². The van der Waals surface area contributed by atoms with Crippen molar-refractivity contribution in [2.24, 2.45) is 5.92 Å². The van der Waals surface area contributed by atoms with Gasteiger partial charge in [0.25, 0.3) is 0 Å². The van der Waals surface area contributed by atoms with E-state index in [0.717, 1.165) is 40.4 Å². The normalized spacial score (nSPS) is 17.7. The lowest BCUT2D eigenvalue weighted by Gasteiger charge is -2.17. The summed E-state index contributed by atoms with van der Waals surface area (Å²) in [7, 11) is 0. The van der Waals surface area contributed by atoms with Crippen LogP contribution in [0.15, 0.2) is 24.3 Å². The maximum Gasteiger partial charge on any atom is 0.241 e. The van der Waals surface area contributed by atoms with Crippen LogP contribution in [0.1, 0.15) is 36.6 Å². The number of hydrogen-bond acceptors (Lipinski definition) is 5. The van der Waals surface area contributed by atoms with Crippen LogP contribution in [-0.2, 0) is 32.4 Å². The van der Waals surface area contributed by atoms with Crippen LogP contribution in [0.5, 0.6) is 0 Å². The summed E-state index contributed by atoms with van der Waals surface area (Å²) < 4.78 is 1.59. The lowest BCUT2D eigenvalue weighted by atomic mass is 10.1. The number of rotatable bonds is 7. The van der Waals surface area contributed by atoms with Crippen LogP contribution >= 0.6 is 11.8 Å². The van der Waals surface area contributed by atoms with Gasteiger partial charge < -0.3 is 15.5 Å². The van der Waals surface area contributed by atoms with E-state index in [4.69, 9.17) is 0 Å². The van der Waals surface area contributed by atoms with Gasteiger partial charge in [-0.15, -0.1) is 0 Å². The molecular formula is C22H27N5O3S. The second kappa shape index (κ2) is 9.13. The minimum absolute atomic E-state index is 0.0581. The van der Waals surface area contributed by atoms with Crippen molar-refractivity contribution in [2.45, 2.75) is 44.7 Å². The monoisotopic (exact) mass is 441 g/mol. The van der Waals surface area contributed by atoms with Crippen LogP contribution in [-0.4, -0.2) is 40.6 Å². The van der Waals surface area contributed by atoms with Gasteiger partial charge in [-0.05, 0) is 25.5 Å². The van der Waals surface area contributed by atoms with Crippen LogP contribution in [0.3, 0.4) is 0 Å². The molecule has 1 saturated heterocycles. The molecule has 2 aliphatic rings. The number of amides is 3. The second-order valence-corrected chi connectivity index (χ2v) is 8.99. The molecule has 1 atom stereocenters. The Morgan fingerprint density at radius 1 is 1.23 bits per heavy atom. The Morgan fingerprint density at radius 2 is 2.00 bits per heavy atom. The van der Waals surface area contributed by atoms with Crippen molar-refractivity contribution in [1.82, 2.24) is 15.1 Å². The molecule has 0 saturated carbocycles. The van der Waals surface area contributed by atoms with E-state index < -0.39 is 5.92 Å². The van der Waals surface area contributed by atoms with Crippen molar-refractivity contribution in [2.75, 3.05) is 23.3 Å². The molecule has 1 aromatic heterocycles. The number of fused-ring (bicyclic) bond motifs is 1. The maximum atomic E-state index is 13.1. The van der Waals surface area contributed by atoms with Crippen molar-refractivity contribution in [3.8, 4) is 0 Å². The van der Waals surface area contributed by atoms with Gasteiger partial charge in [0.15, 0.2) is 0 Å². The molecule has 1 unspecified atom stereocenters. The van der Waals surface area contributed by atoms with Gasteiger partial charge in [-0.2, -0.15) is 16.9 Å². The number of hydrogen-bond donors (Lipinski definition) is 2. The number of carbonyl (C=O) groups is 3. The van der Waals surface area contributed by atoms with Crippen LogP contribution in [0.2, 0.25) is 0 Å². The highest BCUT2D eigenvalue weighted by Gasteiger charge is 2.36. The van der Waals surface area contributed by atoms with Gasteiger partial charge in [-0.1, -0.05) is 24.6 Å². The minimum Gasteiger partial charge on any atom is -0.355 e. The van der Waals surface area contributed by atoms with Crippen LogP contribution in [0, 0.1) is 12.8 Å². The summed E-state index contributed by atoms with van der Waals surface area (Å²) in [6, 6.07) is 7.72. The Kier molecular flexibility index (Phi) is 6.31. The average molecular weight is 442 g/mol. The lowest BCUT2D eigenvalue weighted by Crippen LogP contribution is -2.31. The molecule has 0 bridgehead atoms. The first kappa shape index (κ1) is 21.4. The summed E-state index contributed by atoms with van der Waals surface area (Å²) in [4.78, 5) is 39.5. The fraction of sp³-hybridized carbons (Fsp3) is 0.455. The summed E-state index contributed by atoms with van der Waals surface area (Å²) >= 11 is 1.73. The zero-order chi connectivity index (χ0) is 22.0. The number of benzene rings is 1. The first-order chi connectivity index (χ1) is 15.0. The van der Waals surface area contributed by atoms with Crippen molar-refractivity contribution in [3.05, 3.63) is 41.1 Å². The van der Waals surface area contributed by atoms with Crippen LogP contribution < -0.4 is 15.5 Å². The summed E-state index contributed by atoms with van der Waals surface area (Å²) in [5.74, 6) is 1.25. The highest BCUT2D eigenvalue weighted by molar-refractivity contribution is 7.98. The number of carbonyl (C=O) groups excluding carboxylic acids is 3. The van der Waals surface area contributed by atoms with Gasteiger partial charge in [0, 0.05) is 42.3 Å². The Morgan fingerprint density at radius 3 is 2.74 bits per heavy atom. The first-order valence-corrected chi connectivity index (χ1v) is 11.7. The number of anilines is 2. The number of aromatic nitrogens is 2. The molecule has 9 heteroatoms. The smallest absolute Gasteiger partial charge is 0.241 e. The predicted molar refractivity (Wildman–Crippen MR) is 121 cm³/mol. The Bertz CT molecular complexity index is 1000. The summed E-state index contributed by atoms with van der Waals surface area (Å²) in [5, 5.41) is 10.4. The van der Waals surface area contributed by atoms with Crippen LogP contribution in [0.4, 0.5) is 11.5 Å². The fourth-order valence-corrected chi connectivity index (χ4v) is 4.89. The quantitative estimate of drug-likeness (QED) is 0.688. The van der Waals surface area contributed by atoms with Gasteiger partial charge in [-0.3, -0.25) is 14.4 Å². The van der Waals surface area contributed by atoms with Gasteiger partial charge in [-0.25, -0.2) is 4.68 Å². The third-order valence-electron chi connectivity index (χ3n) is 5.57. The molecule has 1 aromatic carbocycles. The molecule has 3 heterocycles. The molecule has 2 aliphatic heterocycles. The van der Waals surface area contributed by atoms with E-state index >= 15 is 0 Å². The van der Waals surface area contributed by atoms with Gasteiger partial charge in [0.2, 0.25) is 17.7 Å². The average Bonchev–Trinajstić information content (AvgIpc) is 3.44. The van der Waals surface area contributed by atoms with Crippen LogP contribution in [0.25, 0.3) is 0 Å². The van der Waals surface area contributed by atoms with Gasteiger partial charge >= 0.3 is 0 Å². The summed E-state index contributed by atoms with van der Waals surface area (Å²) in [5.41, 5.74) is 3.81. The van der Waals surface area contributed by atoms with Gasteiger partial charge in [0.05, 0.1) is 11.6 Å². The lowest BCUT2D eigenvalue weighted by molar-refractivity contribution is -0.122. The molecule has 2 aromatic rings. The van der Waals surface area contributed by atoms with E-state index in [1.807, 2.05) is 38.1 Å². The highest BCUT2D eigenvalue weighted by atomic mass is 32.2. The molecule has 31 heavy (non-hydrogen) atoms. The Hall–Kier alpha value is -2.81.